The Morgan fingerprint density at radius 1 is 0.966 bits per heavy atom. The lowest BCUT2D eigenvalue weighted by atomic mass is 10.1. The molecular weight excluding hydrogens is 451 g/mol. The van der Waals surface area contributed by atoms with Crippen LogP contribution in [0, 0.1) is 12.7 Å². The molecule has 1 heterocycles. The van der Waals surface area contributed by atoms with Gasteiger partial charge in [0.25, 0.3) is 0 Å². The highest BCUT2D eigenvalue weighted by Crippen LogP contribution is 2.35. The van der Waals surface area contributed by atoms with Gasteiger partial charge in [0.1, 0.15) is 5.82 Å². The molecule has 5 heteroatoms. The van der Waals surface area contributed by atoms with E-state index in [0.717, 1.165) is 24.1 Å². The zero-order valence-corrected chi connectivity index (χ0v) is 18.6. The van der Waals surface area contributed by atoms with E-state index in [1.165, 1.54) is 22.8 Å². The van der Waals surface area contributed by atoms with Crippen molar-refractivity contribution in [1.29, 1.82) is 0 Å². The molecule has 3 aromatic carbocycles. The Morgan fingerprint density at radius 3 is 2.41 bits per heavy atom. The number of hydrogen-bond donors (Lipinski definition) is 0. The smallest absolute Gasteiger partial charge is 0.129 e. The first-order valence-electron chi connectivity index (χ1n) is 9.74. The minimum Gasteiger partial charge on any atom is -0.278 e. The molecule has 1 atom stereocenters. The molecular formula is C24H23BrClFN2. The summed E-state index contributed by atoms with van der Waals surface area (Å²) in [5.41, 5.74) is 4.36. The molecule has 0 bridgehead atoms. The third kappa shape index (κ3) is 4.56. The lowest BCUT2D eigenvalue weighted by Gasteiger charge is -2.31. The second kappa shape index (κ2) is 8.97. The lowest BCUT2D eigenvalue weighted by Crippen LogP contribution is -2.31. The summed E-state index contributed by atoms with van der Waals surface area (Å²) in [6.45, 7) is 5.25. The zero-order valence-electron chi connectivity index (χ0n) is 16.3. The van der Waals surface area contributed by atoms with Gasteiger partial charge in [-0.2, -0.15) is 0 Å². The molecule has 29 heavy (non-hydrogen) atoms. The summed E-state index contributed by atoms with van der Waals surface area (Å²) in [5, 5.41) is 0.482. The minimum absolute atomic E-state index is 0.0581. The monoisotopic (exact) mass is 472 g/mol. The van der Waals surface area contributed by atoms with Crippen molar-refractivity contribution in [3.63, 3.8) is 0 Å². The van der Waals surface area contributed by atoms with Gasteiger partial charge in [-0.1, -0.05) is 70.0 Å². The van der Waals surface area contributed by atoms with Crippen molar-refractivity contribution in [2.75, 3.05) is 13.1 Å². The fraction of sp³-hybridized carbons (Fsp3) is 0.250. The van der Waals surface area contributed by atoms with Gasteiger partial charge < -0.3 is 0 Å². The molecule has 0 radical (unpaired) electrons. The zero-order chi connectivity index (χ0) is 20.4. The van der Waals surface area contributed by atoms with Crippen molar-refractivity contribution in [1.82, 2.24) is 9.80 Å². The van der Waals surface area contributed by atoms with Crippen molar-refractivity contribution in [2.24, 2.45) is 0 Å². The van der Waals surface area contributed by atoms with E-state index in [1.807, 2.05) is 6.07 Å². The lowest BCUT2D eigenvalue weighted by molar-refractivity contribution is 0.124. The van der Waals surface area contributed by atoms with E-state index < -0.39 is 0 Å². The second-order valence-electron chi connectivity index (χ2n) is 7.50. The molecule has 3 aromatic rings. The minimum atomic E-state index is -0.247. The third-order valence-corrected chi connectivity index (χ3v) is 6.42. The van der Waals surface area contributed by atoms with Crippen LogP contribution in [0.2, 0.25) is 5.02 Å². The van der Waals surface area contributed by atoms with Gasteiger partial charge in [-0.3, -0.25) is 9.80 Å². The van der Waals surface area contributed by atoms with E-state index >= 15 is 0 Å². The van der Waals surface area contributed by atoms with Crippen LogP contribution >= 0.6 is 27.5 Å². The van der Waals surface area contributed by atoms with Crippen LogP contribution in [0.25, 0.3) is 0 Å². The van der Waals surface area contributed by atoms with Crippen LogP contribution in [0.1, 0.15) is 28.4 Å². The van der Waals surface area contributed by atoms with E-state index in [2.05, 4.69) is 75.1 Å². The molecule has 4 rings (SSSR count). The van der Waals surface area contributed by atoms with Crippen LogP contribution in [0.5, 0.6) is 0 Å². The molecule has 2 nitrogen and oxygen atoms in total. The Kier molecular flexibility index (Phi) is 6.35. The van der Waals surface area contributed by atoms with Gasteiger partial charge in [-0.15, -0.1) is 0 Å². The Morgan fingerprint density at radius 2 is 1.69 bits per heavy atom. The molecule has 0 aromatic heterocycles. The van der Waals surface area contributed by atoms with Gasteiger partial charge in [0.2, 0.25) is 0 Å². The van der Waals surface area contributed by atoms with Gasteiger partial charge in [-0.05, 0) is 47.9 Å². The summed E-state index contributed by atoms with van der Waals surface area (Å²) >= 11 is 9.93. The van der Waals surface area contributed by atoms with E-state index in [-0.39, 0.29) is 12.0 Å². The molecule has 1 aliphatic rings. The first-order chi connectivity index (χ1) is 14.0. The van der Waals surface area contributed by atoms with Crippen LogP contribution in [-0.2, 0) is 13.1 Å². The Hall–Kier alpha value is -1.72. The summed E-state index contributed by atoms with van der Waals surface area (Å²) in [5.74, 6) is -0.247. The van der Waals surface area contributed by atoms with Gasteiger partial charge >= 0.3 is 0 Å². The molecule has 0 saturated carbocycles. The van der Waals surface area contributed by atoms with Crippen molar-refractivity contribution in [3.05, 3.63) is 104 Å². The summed E-state index contributed by atoms with van der Waals surface area (Å²) in [6, 6.07) is 21.8. The first kappa shape index (κ1) is 20.5. The Balaban J connectivity index is 1.67. The fourth-order valence-corrected chi connectivity index (χ4v) is 4.68. The average Bonchev–Trinajstić information content (AvgIpc) is 3.09. The molecule has 150 valence electrons. The number of aryl methyl sites for hydroxylation is 1. The van der Waals surface area contributed by atoms with Gasteiger partial charge in [0.05, 0.1) is 6.17 Å². The van der Waals surface area contributed by atoms with Crippen LogP contribution < -0.4 is 0 Å². The molecule has 1 fully saturated rings. The predicted molar refractivity (Wildman–Crippen MR) is 120 cm³/mol. The maximum atomic E-state index is 14.5. The predicted octanol–water partition coefficient (Wildman–Crippen LogP) is 6.57. The highest BCUT2D eigenvalue weighted by Gasteiger charge is 2.34. The maximum Gasteiger partial charge on any atom is 0.129 e. The number of hydrogen-bond acceptors (Lipinski definition) is 2. The highest BCUT2D eigenvalue weighted by atomic mass is 79.9. The third-order valence-electron chi connectivity index (χ3n) is 5.57. The van der Waals surface area contributed by atoms with Crippen LogP contribution in [0.4, 0.5) is 4.39 Å². The molecule has 1 saturated heterocycles. The topological polar surface area (TPSA) is 6.48 Å². The molecule has 0 unspecified atom stereocenters. The van der Waals surface area contributed by atoms with Crippen molar-refractivity contribution >= 4 is 27.5 Å². The maximum absolute atomic E-state index is 14.5. The average molecular weight is 474 g/mol. The number of halogens is 3. The summed E-state index contributed by atoms with van der Waals surface area (Å²) in [7, 11) is 0. The van der Waals surface area contributed by atoms with Crippen LogP contribution in [0.15, 0.2) is 71.2 Å². The molecule has 0 aliphatic carbocycles. The highest BCUT2D eigenvalue weighted by molar-refractivity contribution is 9.10. The molecule has 0 spiro atoms. The quantitative estimate of drug-likeness (QED) is 0.414. The van der Waals surface area contributed by atoms with Gasteiger partial charge in [-0.25, -0.2) is 4.39 Å². The van der Waals surface area contributed by atoms with E-state index in [4.69, 9.17) is 11.6 Å². The molecule has 1 aliphatic heterocycles. The van der Waals surface area contributed by atoms with Crippen LogP contribution in [0.3, 0.4) is 0 Å². The largest absolute Gasteiger partial charge is 0.278 e. The standard InChI is InChI=1S/C24H23BrClFN2/c1-17-6-2-3-7-19(17)15-28-12-13-29(16-21-22(26)10-5-11-23(21)27)24(28)18-8-4-9-20(25)14-18/h2-11,14,24H,12-13,15-16H2,1H3/t24-/m1/s1. The van der Waals surface area contributed by atoms with Crippen LogP contribution in [-0.4, -0.2) is 22.9 Å². The normalized spacial score (nSPS) is 17.7. The summed E-state index contributed by atoms with van der Waals surface area (Å²) in [6.07, 6.45) is 0.0581. The van der Waals surface area contributed by atoms with Crippen molar-refractivity contribution < 1.29 is 4.39 Å². The van der Waals surface area contributed by atoms with Gasteiger partial charge in [0.15, 0.2) is 0 Å². The van der Waals surface area contributed by atoms with E-state index in [9.17, 15) is 4.39 Å². The molecule has 0 amide bonds. The van der Waals surface area contributed by atoms with E-state index in [1.54, 1.807) is 12.1 Å². The van der Waals surface area contributed by atoms with Gasteiger partial charge in [0, 0.05) is 41.2 Å². The first-order valence-corrected chi connectivity index (χ1v) is 10.9. The number of rotatable bonds is 5. The summed E-state index contributed by atoms with van der Waals surface area (Å²) < 4.78 is 15.5. The number of nitrogens with zero attached hydrogens (tertiary/aromatic N) is 2. The molecule has 0 N–H and O–H groups in total. The van der Waals surface area contributed by atoms with Crippen molar-refractivity contribution in [2.45, 2.75) is 26.2 Å². The Labute approximate surface area is 185 Å². The van der Waals surface area contributed by atoms with Crippen molar-refractivity contribution in [3.8, 4) is 0 Å². The number of benzene rings is 3. The summed E-state index contributed by atoms with van der Waals surface area (Å²) in [4.78, 5) is 4.77. The Bertz CT molecular complexity index is 989. The SMILES string of the molecule is Cc1ccccc1CN1CCN(Cc2c(F)cccc2Cl)[C@@H]1c1cccc(Br)c1. The fourth-order valence-electron chi connectivity index (χ4n) is 4.05. The second-order valence-corrected chi connectivity index (χ2v) is 8.82. The van der Waals surface area contributed by atoms with E-state index in [0.29, 0.717) is 17.1 Å².